The van der Waals surface area contributed by atoms with Crippen LogP contribution in [0.15, 0.2) is 30.6 Å². The molecule has 6 nitrogen and oxygen atoms in total. The third-order valence-corrected chi connectivity index (χ3v) is 6.15. The van der Waals surface area contributed by atoms with Crippen LogP contribution in [0.1, 0.15) is 51.8 Å². The van der Waals surface area contributed by atoms with Gasteiger partial charge in [0.05, 0.1) is 40.3 Å². The number of hydrogen-bond donors (Lipinski definition) is 1. The third kappa shape index (κ3) is 3.17. The van der Waals surface area contributed by atoms with Crippen LogP contribution in [0.3, 0.4) is 0 Å². The summed E-state index contributed by atoms with van der Waals surface area (Å²) in [6.45, 7) is 10.2. The molecule has 144 valence electrons. The van der Waals surface area contributed by atoms with Crippen molar-refractivity contribution in [3.63, 3.8) is 0 Å². The maximum absolute atomic E-state index is 9.29. The fourth-order valence-corrected chi connectivity index (χ4v) is 3.30. The molecule has 0 spiro atoms. The van der Waals surface area contributed by atoms with Crippen molar-refractivity contribution in [2.75, 3.05) is 5.32 Å². The smallest absolute Gasteiger partial charge is 0.399 e. The molecule has 1 saturated carbocycles. The molecular formula is C21H25BN4O2. The van der Waals surface area contributed by atoms with Crippen LogP contribution >= 0.6 is 0 Å². The van der Waals surface area contributed by atoms with Gasteiger partial charge in [0.25, 0.3) is 0 Å². The number of nitriles is 1. The van der Waals surface area contributed by atoms with Crippen LogP contribution in [0.2, 0.25) is 0 Å². The van der Waals surface area contributed by atoms with Crippen LogP contribution < -0.4 is 10.8 Å². The molecule has 0 radical (unpaired) electrons. The molecule has 4 rings (SSSR count). The molecule has 0 unspecified atom stereocenters. The van der Waals surface area contributed by atoms with Gasteiger partial charge in [-0.25, -0.2) is 4.98 Å². The van der Waals surface area contributed by atoms with Gasteiger partial charge in [-0.15, -0.1) is 0 Å². The zero-order valence-electron chi connectivity index (χ0n) is 17.0. The average Bonchev–Trinajstić information content (AvgIpc) is 3.38. The Hall–Kier alpha value is -2.43. The minimum absolute atomic E-state index is 0.363. The fraction of sp³-hybridized carbons (Fsp3) is 0.476. The number of nitrogens with zero attached hydrogens (tertiary/aromatic N) is 3. The molecule has 28 heavy (non-hydrogen) atoms. The SMILES string of the molecule is Cc1cc(Nc2ccc(C3(C#N)CC3)nc2)ncc1B1OC(C)(C)C(C)(C)O1. The zero-order valence-corrected chi connectivity index (χ0v) is 17.0. The van der Waals surface area contributed by atoms with E-state index in [0.717, 1.165) is 41.1 Å². The number of nitrogens with one attached hydrogen (secondary N) is 1. The third-order valence-electron chi connectivity index (χ3n) is 6.15. The Morgan fingerprint density at radius 3 is 2.25 bits per heavy atom. The van der Waals surface area contributed by atoms with Crippen molar-refractivity contribution >= 4 is 24.1 Å². The molecular weight excluding hydrogens is 351 g/mol. The second kappa shape index (κ2) is 6.30. The first kappa shape index (κ1) is 18.9. The Kier molecular flexibility index (Phi) is 4.25. The van der Waals surface area contributed by atoms with E-state index in [-0.39, 0.29) is 16.6 Å². The second-order valence-electron chi connectivity index (χ2n) is 8.77. The van der Waals surface area contributed by atoms with Crippen LogP contribution in [-0.4, -0.2) is 28.3 Å². The normalized spacial score (nSPS) is 21.2. The molecule has 0 amide bonds. The van der Waals surface area contributed by atoms with Crippen LogP contribution in [0.5, 0.6) is 0 Å². The number of pyridine rings is 2. The van der Waals surface area contributed by atoms with Gasteiger partial charge in [-0.1, -0.05) is 0 Å². The first-order chi connectivity index (χ1) is 13.2. The Morgan fingerprint density at radius 1 is 1.07 bits per heavy atom. The van der Waals surface area contributed by atoms with E-state index in [2.05, 4.69) is 21.4 Å². The van der Waals surface area contributed by atoms with Gasteiger partial charge in [0, 0.05) is 11.7 Å². The first-order valence-corrected chi connectivity index (χ1v) is 9.63. The molecule has 2 aromatic rings. The van der Waals surface area contributed by atoms with Gasteiger partial charge >= 0.3 is 7.12 Å². The molecule has 7 heteroatoms. The number of hydrogen-bond acceptors (Lipinski definition) is 6. The van der Waals surface area contributed by atoms with E-state index < -0.39 is 7.12 Å². The van der Waals surface area contributed by atoms with Crippen molar-refractivity contribution in [1.29, 1.82) is 5.26 Å². The van der Waals surface area contributed by atoms with E-state index in [1.165, 1.54) is 0 Å². The fourth-order valence-electron chi connectivity index (χ4n) is 3.30. The molecule has 1 aliphatic heterocycles. The number of rotatable bonds is 4. The van der Waals surface area contributed by atoms with Gasteiger partial charge in [-0.3, -0.25) is 4.98 Å². The number of anilines is 2. The van der Waals surface area contributed by atoms with Crippen molar-refractivity contribution in [3.8, 4) is 6.07 Å². The lowest BCUT2D eigenvalue weighted by atomic mass is 9.77. The Balaban J connectivity index is 1.49. The molecule has 1 N–H and O–H groups in total. The van der Waals surface area contributed by atoms with Gasteiger partial charge in [0.2, 0.25) is 0 Å². The van der Waals surface area contributed by atoms with Crippen molar-refractivity contribution in [2.45, 2.75) is 64.1 Å². The predicted molar refractivity (Wildman–Crippen MR) is 109 cm³/mol. The molecule has 2 aromatic heterocycles. The Labute approximate surface area is 166 Å². The second-order valence-corrected chi connectivity index (χ2v) is 8.77. The highest BCUT2D eigenvalue weighted by molar-refractivity contribution is 6.62. The van der Waals surface area contributed by atoms with Gasteiger partial charge in [-0.05, 0) is 71.2 Å². The molecule has 0 bridgehead atoms. The zero-order chi connectivity index (χ0) is 20.2. The highest BCUT2D eigenvalue weighted by Crippen LogP contribution is 2.46. The Bertz CT molecular complexity index is 930. The molecule has 2 fully saturated rings. The van der Waals surface area contributed by atoms with Crippen LogP contribution in [0.4, 0.5) is 11.5 Å². The summed E-state index contributed by atoms with van der Waals surface area (Å²) >= 11 is 0. The molecule has 2 aliphatic rings. The van der Waals surface area contributed by atoms with E-state index in [9.17, 15) is 5.26 Å². The van der Waals surface area contributed by atoms with Gasteiger partial charge in [-0.2, -0.15) is 5.26 Å². The summed E-state index contributed by atoms with van der Waals surface area (Å²) in [7, 11) is -0.423. The van der Waals surface area contributed by atoms with E-state index in [0.29, 0.717) is 0 Å². The molecule has 0 aromatic carbocycles. The maximum Gasteiger partial charge on any atom is 0.496 e. The molecule has 3 heterocycles. The number of aryl methyl sites for hydroxylation is 1. The molecule has 1 aliphatic carbocycles. The van der Waals surface area contributed by atoms with E-state index in [4.69, 9.17) is 9.31 Å². The lowest BCUT2D eigenvalue weighted by molar-refractivity contribution is 0.00578. The van der Waals surface area contributed by atoms with Gasteiger partial charge in [0.15, 0.2) is 0 Å². The standard InChI is InChI=1S/C21H25BN4O2/c1-14-10-18(25-12-16(14)22-27-19(2,3)20(4,5)28-22)26-15-6-7-17(24-11-15)21(13-23)8-9-21/h6-7,10-12H,8-9H2,1-5H3,(H,25,26). The van der Waals surface area contributed by atoms with Crippen molar-refractivity contribution < 1.29 is 9.31 Å². The quantitative estimate of drug-likeness (QED) is 0.824. The van der Waals surface area contributed by atoms with Crippen molar-refractivity contribution in [1.82, 2.24) is 9.97 Å². The van der Waals surface area contributed by atoms with E-state index in [1.807, 2.05) is 52.8 Å². The predicted octanol–water partition coefficient (Wildman–Crippen LogP) is 3.38. The van der Waals surface area contributed by atoms with Gasteiger partial charge < -0.3 is 14.6 Å². The van der Waals surface area contributed by atoms with Crippen molar-refractivity contribution in [2.24, 2.45) is 0 Å². The monoisotopic (exact) mass is 376 g/mol. The molecule has 0 atom stereocenters. The highest BCUT2D eigenvalue weighted by Gasteiger charge is 2.52. The largest absolute Gasteiger partial charge is 0.496 e. The average molecular weight is 376 g/mol. The summed E-state index contributed by atoms with van der Waals surface area (Å²) in [4.78, 5) is 8.99. The summed E-state index contributed by atoms with van der Waals surface area (Å²) < 4.78 is 12.3. The number of aromatic nitrogens is 2. The highest BCUT2D eigenvalue weighted by atomic mass is 16.7. The van der Waals surface area contributed by atoms with Crippen LogP contribution in [-0.2, 0) is 14.7 Å². The maximum atomic E-state index is 9.29. The lowest BCUT2D eigenvalue weighted by Crippen LogP contribution is -2.41. The summed E-state index contributed by atoms with van der Waals surface area (Å²) in [5.41, 5.74) is 2.55. The van der Waals surface area contributed by atoms with Crippen molar-refractivity contribution in [3.05, 3.63) is 41.9 Å². The summed E-state index contributed by atoms with van der Waals surface area (Å²) in [6.07, 6.45) is 5.34. The first-order valence-electron chi connectivity index (χ1n) is 9.63. The summed E-state index contributed by atoms with van der Waals surface area (Å²) in [5.74, 6) is 0.730. The van der Waals surface area contributed by atoms with Crippen LogP contribution in [0.25, 0.3) is 0 Å². The topological polar surface area (TPSA) is 80.1 Å². The minimum atomic E-state index is -0.423. The van der Waals surface area contributed by atoms with E-state index >= 15 is 0 Å². The lowest BCUT2D eigenvalue weighted by Gasteiger charge is -2.32. The molecule has 1 saturated heterocycles. The minimum Gasteiger partial charge on any atom is -0.399 e. The van der Waals surface area contributed by atoms with Crippen LogP contribution in [0, 0.1) is 18.3 Å². The summed E-state index contributed by atoms with van der Waals surface area (Å²) in [5, 5.41) is 12.6. The van der Waals surface area contributed by atoms with E-state index in [1.54, 1.807) is 12.4 Å². The van der Waals surface area contributed by atoms with Gasteiger partial charge in [0.1, 0.15) is 5.82 Å². The summed E-state index contributed by atoms with van der Waals surface area (Å²) in [6, 6.07) is 8.21. The Morgan fingerprint density at radius 2 is 1.75 bits per heavy atom.